The number of aromatic nitrogens is 6. The fraction of sp³-hybridized carbons (Fsp3) is 0. The fourth-order valence-electron chi connectivity index (χ4n) is 3.60. The highest BCUT2D eigenvalue weighted by Gasteiger charge is 2.15. The zero-order chi connectivity index (χ0) is 18.5. The molecule has 0 amide bonds. The van der Waals surface area contributed by atoms with E-state index in [0.717, 1.165) is 54.9 Å². The number of hydrogen-bond donors (Lipinski definition) is 3. The Morgan fingerprint density at radius 1 is 0.893 bits per heavy atom. The van der Waals surface area contributed by atoms with E-state index >= 15 is 0 Å². The second-order valence-corrected chi connectivity index (χ2v) is 7.55. The smallest absolute Gasteiger partial charge is 0.116 e. The van der Waals surface area contributed by atoms with Crippen LogP contribution < -0.4 is 0 Å². The SMILES string of the molecule is c1csc(-c2nccc3[nH]c(-c4n[nH]c5ccc(-c6cn[nH]c6)cc45)cc23)c1. The van der Waals surface area contributed by atoms with Crippen molar-refractivity contribution < 1.29 is 0 Å². The molecule has 5 heterocycles. The van der Waals surface area contributed by atoms with Crippen molar-refractivity contribution in [1.82, 2.24) is 30.4 Å². The molecule has 6 nitrogen and oxygen atoms in total. The van der Waals surface area contributed by atoms with Gasteiger partial charge >= 0.3 is 0 Å². The van der Waals surface area contributed by atoms with Gasteiger partial charge in [0.15, 0.2) is 0 Å². The number of fused-ring (bicyclic) bond motifs is 2. The first-order chi connectivity index (χ1) is 13.9. The van der Waals surface area contributed by atoms with Gasteiger partial charge in [-0.1, -0.05) is 12.1 Å². The molecule has 7 heteroatoms. The van der Waals surface area contributed by atoms with Crippen molar-refractivity contribution in [1.29, 1.82) is 0 Å². The lowest BCUT2D eigenvalue weighted by molar-refractivity contribution is 1.09. The predicted octanol–water partition coefficient (Wildman–Crippen LogP) is 5.22. The Morgan fingerprint density at radius 3 is 2.71 bits per heavy atom. The molecule has 0 aliphatic carbocycles. The summed E-state index contributed by atoms with van der Waals surface area (Å²) in [7, 11) is 0. The van der Waals surface area contributed by atoms with E-state index in [9.17, 15) is 0 Å². The van der Waals surface area contributed by atoms with Gasteiger partial charge in [0, 0.05) is 34.2 Å². The summed E-state index contributed by atoms with van der Waals surface area (Å²) in [6.07, 6.45) is 5.56. The van der Waals surface area contributed by atoms with Gasteiger partial charge in [-0.05, 0) is 41.3 Å². The second kappa shape index (κ2) is 5.90. The molecule has 0 fully saturated rings. The lowest BCUT2D eigenvalue weighted by atomic mass is 10.1. The van der Waals surface area contributed by atoms with Gasteiger partial charge in [0.1, 0.15) is 5.69 Å². The maximum atomic E-state index is 4.61. The monoisotopic (exact) mass is 382 g/mol. The van der Waals surface area contributed by atoms with Crippen LogP contribution in [0.25, 0.3) is 54.9 Å². The number of aromatic amines is 3. The van der Waals surface area contributed by atoms with Crippen LogP contribution in [0.5, 0.6) is 0 Å². The van der Waals surface area contributed by atoms with Crippen LogP contribution in [-0.4, -0.2) is 30.4 Å². The average molecular weight is 382 g/mol. The zero-order valence-electron chi connectivity index (χ0n) is 14.6. The highest BCUT2D eigenvalue weighted by Crippen LogP contribution is 2.35. The standard InChI is InChI=1S/C21H14N6S/c1-2-19(28-7-1)21-15-9-18(25-16(15)5-6-22-21)20-14-8-12(13-10-23-24-11-13)3-4-17(14)26-27-20/h1-11,25H,(H,23,24)(H,26,27). The average Bonchev–Trinajstić information content (AvgIpc) is 3.53. The molecule has 0 saturated carbocycles. The molecule has 1 aromatic carbocycles. The van der Waals surface area contributed by atoms with Crippen LogP contribution in [0.2, 0.25) is 0 Å². The number of pyridine rings is 1. The molecule has 0 saturated heterocycles. The third kappa shape index (κ3) is 2.30. The molecule has 0 unspecified atom stereocenters. The first kappa shape index (κ1) is 15.4. The minimum atomic E-state index is 0.897. The molecule has 6 aromatic rings. The van der Waals surface area contributed by atoms with Crippen molar-refractivity contribution in [2.45, 2.75) is 0 Å². The second-order valence-electron chi connectivity index (χ2n) is 6.60. The molecule has 0 atom stereocenters. The Hall–Kier alpha value is -3.71. The van der Waals surface area contributed by atoms with Crippen molar-refractivity contribution >= 4 is 33.1 Å². The van der Waals surface area contributed by atoms with Crippen LogP contribution in [0.4, 0.5) is 0 Å². The maximum Gasteiger partial charge on any atom is 0.116 e. The molecule has 0 bridgehead atoms. The van der Waals surface area contributed by atoms with E-state index in [1.165, 1.54) is 0 Å². The fourth-order valence-corrected chi connectivity index (χ4v) is 4.33. The van der Waals surface area contributed by atoms with Crippen LogP contribution in [0.3, 0.4) is 0 Å². The maximum absolute atomic E-state index is 4.61. The topological polar surface area (TPSA) is 86.0 Å². The molecule has 0 radical (unpaired) electrons. The van der Waals surface area contributed by atoms with Crippen LogP contribution >= 0.6 is 11.3 Å². The molecule has 134 valence electrons. The van der Waals surface area contributed by atoms with Crippen molar-refractivity contribution in [3.8, 4) is 33.1 Å². The van der Waals surface area contributed by atoms with Gasteiger partial charge in [-0.25, -0.2) is 0 Å². The Kier molecular flexibility index (Phi) is 3.24. The summed E-state index contributed by atoms with van der Waals surface area (Å²) in [5.41, 5.74) is 7.06. The number of nitrogens with one attached hydrogen (secondary N) is 3. The van der Waals surface area contributed by atoms with E-state index in [4.69, 9.17) is 0 Å². The lowest BCUT2D eigenvalue weighted by Crippen LogP contribution is -1.80. The number of hydrogen-bond acceptors (Lipinski definition) is 4. The number of rotatable bonds is 3. The van der Waals surface area contributed by atoms with Gasteiger partial charge in [-0.3, -0.25) is 15.2 Å². The minimum Gasteiger partial charge on any atom is -0.353 e. The van der Waals surface area contributed by atoms with Crippen LogP contribution in [0.15, 0.2) is 66.4 Å². The third-order valence-electron chi connectivity index (χ3n) is 4.95. The molecule has 0 aliphatic rings. The Balaban J connectivity index is 1.55. The van der Waals surface area contributed by atoms with Gasteiger partial charge < -0.3 is 4.98 Å². The third-order valence-corrected chi connectivity index (χ3v) is 5.83. The summed E-state index contributed by atoms with van der Waals surface area (Å²) in [6.45, 7) is 0. The highest BCUT2D eigenvalue weighted by molar-refractivity contribution is 7.13. The predicted molar refractivity (Wildman–Crippen MR) is 112 cm³/mol. The normalized spacial score (nSPS) is 11.6. The minimum absolute atomic E-state index is 0.897. The van der Waals surface area contributed by atoms with E-state index in [1.807, 2.05) is 30.7 Å². The van der Waals surface area contributed by atoms with Crippen molar-refractivity contribution in [2.75, 3.05) is 0 Å². The van der Waals surface area contributed by atoms with Gasteiger partial charge in [-0.15, -0.1) is 11.3 Å². The summed E-state index contributed by atoms with van der Waals surface area (Å²) in [5, 5.41) is 18.9. The van der Waals surface area contributed by atoms with Gasteiger partial charge in [0.25, 0.3) is 0 Å². The van der Waals surface area contributed by atoms with Crippen molar-refractivity contribution in [3.05, 3.63) is 66.4 Å². The molecular formula is C21H14N6S. The Labute approximate surface area is 163 Å². The largest absolute Gasteiger partial charge is 0.353 e. The molecule has 5 aromatic heterocycles. The summed E-state index contributed by atoms with van der Waals surface area (Å²) in [6, 6.07) is 14.5. The van der Waals surface area contributed by atoms with Gasteiger partial charge in [0.2, 0.25) is 0 Å². The van der Waals surface area contributed by atoms with E-state index in [0.29, 0.717) is 0 Å². The molecule has 6 rings (SSSR count). The molecular weight excluding hydrogens is 368 g/mol. The highest BCUT2D eigenvalue weighted by atomic mass is 32.1. The van der Waals surface area contributed by atoms with Crippen molar-refractivity contribution in [2.24, 2.45) is 0 Å². The number of H-pyrrole nitrogens is 3. The van der Waals surface area contributed by atoms with E-state index in [1.54, 1.807) is 11.3 Å². The zero-order valence-corrected chi connectivity index (χ0v) is 15.4. The molecule has 0 spiro atoms. The molecule has 0 aliphatic heterocycles. The summed E-state index contributed by atoms with van der Waals surface area (Å²) in [4.78, 5) is 9.27. The van der Waals surface area contributed by atoms with Crippen LogP contribution in [0, 0.1) is 0 Å². The first-order valence-corrected chi connectivity index (χ1v) is 9.74. The van der Waals surface area contributed by atoms with Crippen LogP contribution in [0.1, 0.15) is 0 Å². The van der Waals surface area contributed by atoms with Gasteiger partial charge in [-0.2, -0.15) is 10.2 Å². The van der Waals surface area contributed by atoms with E-state index in [2.05, 4.69) is 66.1 Å². The number of nitrogens with zero attached hydrogens (tertiary/aromatic N) is 3. The Morgan fingerprint density at radius 2 is 1.86 bits per heavy atom. The summed E-state index contributed by atoms with van der Waals surface area (Å²) >= 11 is 1.69. The first-order valence-electron chi connectivity index (χ1n) is 8.86. The molecule has 3 N–H and O–H groups in total. The summed E-state index contributed by atoms with van der Waals surface area (Å²) < 4.78 is 0. The Bertz CT molecular complexity index is 1410. The number of benzene rings is 1. The quantitative estimate of drug-likeness (QED) is 0.392. The van der Waals surface area contributed by atoms with Crippen molar-refractivity contribution in [3.63, 3.8) is 0 Å². The lowest BCUT2D eigenvalue weighted by Gasteiger charge is -1.99. The molecule has 28 heavy (non-hydrogen) atoms. The van der Waals surface area contributed by atoms with Crippen LogP contribution in [-0.2, 0) is 0 Å². The summed E-state index contributed by atoms with van der Waals surface area (Å²) in [5.74, 6) is 0. The number of thiophene rings is 1. The van der Waals surface area contributed by atoms with Gasteiger partial charge in [0.05, 0.1) is 28.0 Å². The van der Waals surface area contributed by atoms with E-state index in [-0.39, 0.29) is 0 Å². The van der Waals surface area contributed by atoms with E-state index < -0.39 is 0 Å².